The van der Waals surface area contributed by atoms with Crippen LogP contribution in [0.4, 0.5) is 13.2 Å². The molecule has 1 amide bonds. The zero-order chi connectivity index (χ0) is 18.7. The van der Waals surface area contributed by atoms with E-state index in [0.29, 0.717) is 12.3 Å². The second-order valence-electron chi connectivity index (χ2n) is 6.62. The first kappa shape index (κ1) is 18.5. The van der Waals surface area contributed by atoms with E-state index < -0.39 is 11.7 Å². The van der Waals surface area contributed by atoms with Gasteiger partial charge in [-0.1, -0.05) is 0 Å². The van der Waals surface area contributed by atoms with Gasteiger partial charge >= 0.3 is 6.18 Å². The van der Waals surface area contributed by atoms with E-state index in [0.717, 1.165) is 38.1 Å². The molecule has 0 N–H and O–H groups in total. The van der Waals surface area contributed by atoms with Crippen molar-refractivity contribution in [2.75, 3.05) is 20.1 Å². The Morgan fingerprint density at radius 3 is 2.38 bits per heavy atom. The number of hydrogen-bond acceptors (Lipinski definition) is 3. The Labute approximate surface area is 150 Å². The zero-order valence-electron chi connectivity index (χ0n) is 14.5. The molecule has 2 aromatic rings. The van der Waals surface area contributed by atoms with E-state index in [1.807, 2.05) is 7.05 Å². The average molecular weight is 366 g/mol. The number of rotatable bonds is 4. The van der Waals surface area contributed by atoms with Gasteiger partial charge in [-0.2, -0.15) is 13.2 Å². The van der Waals surface area contributed by atoms with E-state index in [2.05, 4.69) is 4.90 Å². The third-order valence-electron chi connectivity index (χ3n) is 4.76. The normalized spacial score (nSPS) is 16.6. The fourth-order valence-electron chi connectivity index (χ4n) is 3.21. The van der Waals surface area contributed by atoms with Crippen LogP contribution >= 0.6 is 0 Å². The second kappa shape index (κ2) is 7.53. The molecule has 0 unspecified atom stereocenters. The zero-order valence-corrected chi connectivity index (χ0v) is 14.5. The van der Waals surface area contributed by atoms with Gasteiger partial charge in [0.1, 0.15) is 5.76 Å². The summed E-state index contributed by atoms with van der Waals surface area (Å²) in [4.78, 5) is 16.9. The predicted molar refractivity (Wildman–Crippen MR) is 90.5 cm³/mol. The van der Waals surface area contributed by atoms with E-state index in [9.17, 15) is 18.0 Å². The summed E-state index contributed by atoms with van der Waals surface area (Å²) in [6.45, 7) is 2.06. The minimum absolute atomic E-state index is 0.0334. The molecule has 3 rings (SSSR count). The maximum atomic E-state index is 13.0. The van der Waals surface area contributed by atoms with Gasteiger partial charge in [0, 0.05) is 11.6 Å². The van der Waals surface area contributed by atoms with Gasteiger partial charge in [0.25, 0.3) is 5.91 Å². The van der Waals surface area contributed by atoms with Crippen molar-refractivity contribution >= 4 is 5.91 Å². The summed E-state index contributed by atoms with van der Waals surface area (Å²) in [5.41, 5.74) is -0.505. The molecule has 1 aliphatic heterocycles. The van der Waals surface area contributed by atoms with Gasteiger partial charge < -0.3 is 14.2 Å². The Hall–Kier alpha value is -2.28. The van der Waals surface area contributed by atoms with Crippen LogP contribution in [0.25, 0.3) is 0 Å². The smallest absolute Gasteiger partial charge is 0.416 e. The van der Waals surface area contributed by atoms with Crippen molar-refractivity contribution < 1.29 is 22.4 Å². The summed E-state index contributed by atoms with van der Waals surface area (Å²) in [7, 11) is 2.03. The molecule has 1 saturated heterocycles. The number of piperidine rings is 1. The van der Waals surface area contributed by atoms with Gasteiger partial charge in [0.05, 0.1) is 18.4 Å². The van der Waals surface area contributed by atoms with Gasteiger partial charge in [-0.25, -0.2) is 0 Å². The van der Waals surface area contributed by atoms with Crippen LogP contribution in [-0.4, -0.2) is 41.9 Å². The number of carbonyl (C=O) groups excluding carboxylic acids is 1. The highest BCUT2D eigenvalue weighted by Gasteiger charge is 2.32. The molecule has 0 spiro atoms. The molecule has 140 valence electrons. The average Bonchev–Trinajstić information content (AvgIpc) is 3.13. The van der Waals surface area contributed by atoms with Crippen LogP contribution in [0.1, 0.15) is 34.5 Å². The molecule has 0 atom stereocenters. The molecule has 0 aliphatic carbocycles. The highest BCUT2D eigenvalue weighted by molar-refractivity contribution is 5.94. The van der Waals surface area contributed by atoms with E-state index in [1.54, 1.807) is 23.3 Å². The first-order valence-corrected chi connectivity index (χ1v) is 8.54. The maximum Gasteiger partial charge on any atom is 0.416 e. The monoisotopic (exact) mass is 366 g/mol. The fraction of sp³-hybridized carbons (Fsp3) is 0.421. The molecule has 2 heterocycles. The van der Waals surface area contributed by atoms with Crippen molar-refractivity contribution in [3.8, 4) is 0 Å². The lowest BCUT2D eigenvalue weighted by Gasteiger charge is -2.37. The van der Waals surface area contributed by atoms with Crippen molar-refractivity contribution in [3.63, 3.8) is 0 Å². The summed E-state index contributed by atoms with van der Waals surface area (Å²) in [6, 6.07) is 7.98. The quantitative estimate of drug-likeness (QED) is 0.820. The van der Waals surface area contributed by atoms with Gasteiger partial charge in [-0.05, 0) is 69.4 Å². The highest BCUT2D eigenvalue weighted by Crippen LogP contribution is 2.29. The fourth-order valence-corrected chi connectivity index (χ4v) is 3.21. The molecule has 1 aromatic carbocycles. The lowest BCUT2D eigenvalue weighted by molar-refractivity contribution is -0.137. The van der Waals surface area contributed by atoms with Crippen LogP contribution in [0.5, 0.6) is 0 Å². The summed E-state index contributed by atoms with van der Waals surface area (Å²) < 4.78 is 43.6. The molecule has 7 heteroatoms. The molecule has 1 fully saturated rings. The van der Waals surface area contributed by atoms with Crippen molar-refractivity contribution in [2.24, 2.45) is 0 Å². The molecular weight excluding hydrogens is 345 g/mol. The first-order chi connectivity index (χ1) is 12.3. The highest BCUT2D eigenvalue weighted by atomic mass is 19.4. The third-order valence-corrected chi connectivity index (χ3v) is 4.76. The van der Waals surface area contributed by atoms with Crippen LogP contribution in [0.3, 0.4) is 0 Å². The first-order valence-electron chi connectivity index (χ1n) is 8.54. The molecule has 0 radical (unpaired) electrons. The summed E-state index contributed by atoms with van der Waals surface area (Å²) in [5.74, 6) is 0.383. The number of hydrogen-bond donors (Lipinski definition) is 0. The summed E-state index contributed by atoms with van der Waals surface area (Å²) in [5, 5.41) is 0. The lowest BCUT2D eigenvalue weighted by atomic mass is 10.0. The molecule has 4 nitrogen and oxygen atoms in total. The number of likely N-dealkylation sites (tertiary alicyclic amines) is 1. The third kappa shape index (κ3) is 4.27. The van der Waals surface area contributed by atoms with E-state index in [1.165, 1.54) is 12.1 Å². The van der Waals surface area contributed by atoms with Crippen LogP contribution in [0, 0.1) is 0 Å². The summed E-state index contributed by atoms with van der Waals surface area (Å²) >= 11 is 0. The van der Waals surface area contributed by atoms with Crippen molar-refractivity contribution in [1.29, 1.82) is 0 Å². The Kier molecular flexibility index (Phi) is 5.36. The Morgan fingerprint density at radius 2 is 1.85 bits per heavy atom. The minimum Gasteiger partial charge on any atom is -0.467 e. The number of nitrogens with zero attached hydrogens (tertiary/aromatic N) is 2. The van der Waals surface area contributed by atoms with Crippen molar-refractivity contribution in [2.45, 2.75) is 31.6 Å². The topological polar surface area (TPSA) is 36.7 Å². The molecule has 0 saturated carbocycles. The number of halogens is 3. The number of amides is 1. The summed E-state index contributed by atoms with van der Waals surface area (Å²) in [6.07, 6.45) is -1.22. The van der Waals surface area contributed by atoms with E-state index >= 15 is 0 Å². The molecule has 26 heavy (non-hydrogen) atoms. The molecule has 1 aromatic heterocycles. The number of carbonyl (C=O) groups is 1. The van der Waals surface area contributed by atoms with Crippen LogP contribution in [-0.2, 0) is 12.7 Å². The van der Waals surface area contributed by atoms with Gasteiger partial charge in [0.15, 0.2) is 0 Å². The van der Waals surface area contributed by atoms with Gasteiger partial charge in [-0.15, -0.1) is 0 Å². The molecule has 1 aliphatic rings. The van der Waals surface area contributed by atoms with E-state index in [-0.39, 0.29) is 17.5 Å². The van der Waals surface area contributed by atoms with Crippen LogP contribution in [0.2, 0.25) is 0 Å². The van der Waals surface area contributed by atoms with Crippen molar-refractivity contribution in [1.82, 2.24) is 9.80 Å². The largest absolute Gasteiger partial charge is 0.467 e. The molecular formula is C19H21F3N2O2. The number of furan rings is 1. The van der Waals surface area contributed by atoms with E-state index in [4.69, 9.17) is 4.42 Å². The molecule has 0 bridgehead atoms. The van der Waals surface area contributed by atoms with Crippen molar-refractivity contribution in [3.05, 3.63) is 59.5 Å². The van der Waals surface area contributed by atoms with Gasteiger partial charge in [-0.3, -0.25) is 4.79 Å². The second-order valence-corrected chi connectivity index (χ2v) is 6.62. The minimum atomic E-state index is -4.41. The van der Waals surface area contributed by atoms with Gasteiger partial charge in [0.2, 0.25) is 0 Å². The van der Waals surface area contributed by atoms with Crippen LogP contribution in [0.15, 0.2) is 47.1 Å². The number of benzene rings is 1. The van der Waals surface area contributed by atoms with Crippen LogP contribution < -0.4 is 0 Å². The predicted octanol–water partition coefficient (Wildman–Crippen LogP) is 4.04. The Morgan fingerprint density at radius 1 is 1.19 bits per heavy atom. The standard InChI is InChI=1S/C19H21F3N2O2/c1-23-10-8-16(9-11-23)24(13-17-3-2-12-26-17)18(25)14-4-6-15(7-5-14)19(20,21)22/h2-7,12,16H,8-11,13H2,1H3. The Bertz CT molecular complexity index is 718. The number of alkyl halides is 3. The maximum absolute atomic E-state index is 13.0. The SMILES string of the molecule is CN1CCC(N(Cc2ccco2)C(=O)c2ccc(C(F)(F)F)cc2)CC1. The lowest BCUT2D eigenvalue weighted by Crippen LogP contribution is -2.46. The Balaban J connectivity index is 1.82.